The van der Waals surface area contributed by atoms with Crippen molar-refractivity contribution in [3.05, 3.63) is 89.0 Å². The van der Waals surface area contributed by atoms with Gasteiger partial charge in [-0.05, 0) is 35.1 Å². The SMILES string of the molecule is CCc1cc(-c2ccc(/C=C/c3ccccc3)cc2)cc(CC)c1[O-].[K+]. The van der Waals surface area contributed by atoms with Crippen LogP contribution in [0.4, 0.5) is 0 Å². The van der Waals surface area contributed by atoms with Gasteiger partial charge in [0, 0.05) is 0 Å². The van der Waals surface area contributed by atoms with E-state index in [4.69, 9.17) is 0 Å². The van der Waals surface area contributed by atoms with Gasteiger partial charge in [-0.2, -0.15) is 0 Å². The van der Waals surface area contributed by atoms with E-state index in [0.717, 1.165) is 35.1 Å². The number of hydrogen-bond acceptors (Lipinski definition) is 1. The van der Waals surface area contributed by atoms with Crippen LogP contribution in [-0.4, -0.2) is 0 Å². The van der Waals surface area contributed by atoms with Crippen molar-refractivity contribution in [2.24, 2.45) is 0 Å². The Labute approximate surface area is 199 Å². The minimum Gasteiger partial charge on any atom is -0.872 e. The fraction of sp³-hybridized carbons (Fsp3) is 0.167. The number of benzene rings is 3. The minimum atomic E-state index is 0. The Morgan fingerprint density at radius 1 is 0.692 bits per heavy atom. The van der Waals surface area contributed by atoms with Crippen molar-refractivity contribution in [3.8, 4) is 16.9 Å². The molecule has 0 aliphatic heterocycles. The smallest absolute Gasteiger partial charge is 0.872 e. The predicted octanol–water partition coefficient (Wildman–Crippen LogP) is 2.73. The number of aryl methyl sites for hydroxylation is 2. The molecule has 0 aromatic heterocycles. The second-order valence-corrected chi connectivity index (χ2v) is 6.20. The molecular formula is C24H23KO. The fourth-order valence-corrected chi connectivity index (χ4v) is 2.99. The standard InChI is InChI=1S/C24H24O.K/c1-3-20-16-23(17-21(4-2)24(20)25)22-14-12-19(13-15-22)11-10-18-8-6-5-7-9-18;/h5-17,25H,3-4H2,1-2H3;/q;+1/p-1/b11-10+;. The predicted molar refractivity (Wildman–Crippen MR) is 105 cm³/mol. The normalized spacial score (nSPS) is 10.7. The molecule has 2 heteroatoms. The van der Waals surface area contributed by atoms with E-state index in [1.165, 1.54) is 11.1 Å². The van der Waals surface area contributed by atoms with Crippen LogP contribution >= 0.6 is 0 Å². The number of rotatable bonds is 5. The van der Waals surface area contributed by atoms with E-state index in [0.29, 0.717) is 0 Å². The molecule has 0 atom stereocenters. The van der Waals surface area contributed by atoms with E-state index in [1.54, 1.807) is 0 Å². The minimum absolute atomic E-state index is 0. The van der Waals surface area contributed by atoms with Crippen molar-refractivity contribution in [1.29, 1.82) is 0 Å². The summed E-state index contributed by atoms with van der Waals surface area (Å²) < 4.78 is 0. The monoisotopic (exact) mass is 366 g/mol. The Morgan fingerprint density at radius 3 is 1.69 bits per heavy atom. The maximum Gasteiger partial charge on any atom is 1.00 e. The molecule has 1 nitrogen and oxygen atoms in total. The van der Waals surface area contributed by atoms with Gasteiger partial charge in [-0.1, -0.05) is 104 Å². The fourth-order valence-electron chi connectivity index (χ4n) is 2.99. The van der Waals surface area contributed by atoms with Crippen LogP contribution in [0.1, 0.15) is 36.1 Å². The molecule has 0 radical (unpaired) electrons. The second-order valence-electron chi connectivity index (χ2n) is 6.20. The third-order valence-electron chi connectivity index (χ3n) is 4.52. The zero-order valence-corrected chi connectivity index (χ0v) is 19.0. The van der Waals surface area contributed by atoms with Crippen LogP contribution in [0.3, 0.4) is 0 Å². The molecule has 0 N–H and O–H groups in total. The van der Waals surface area contributed by atoms with Gasteiger partial charge in [0.05, 0.1) is 0 Å². The van der Waals surface area contributed by atoms with Crippen molar-refractivity contribution in [1.82, 2.24) is 0 Å². The van der Waals surface area contributed by atoms with Crippen molar-refractivity contribution >= 4 is 12.2 Å². The largest absolute Gasteiger partial charge is 1.00 e. The molecule has 3 aromatic carbocycles. The maximum atomic E-state index is 12.3. The summed E-state index contributed by atoms with van der Waals surface area (Å²) in [7, 11) is 0. The van der Waals surface area contributed by atoms with Crippen LogP contribution in [0.2, 0.25) is 0 Å². The summed E-state index contributed by atoms with van der Waals surface area (Å²) in [5.41, 5.74) is 6.45. The first-order valence-corrected chi connectivity index (χ1v) is 8.87. The van der Waals surface area contributed by atoms with Crippen LogP contribution in [-0.2, 0) is 12.8 Å². The van der Waals surface area contributed by atoms with Gasteiger partial charge >= 0.3 is 51.4 Å². The van der Waals surface area contributed by atoms with Crippen molar-refractivity contribution in [3.63, 3.8) is 0 Å². The van der Waals surface area contributed by atoms with Crippen LogP contribution in [0.15, 0.2) is 66.7 Å². The summed E-state index contributed by atoms with van der Waals surface area (Å²) in [5, 5.41) is 12.3. The van der Waals surface area contributed by atoms with Crippen molar-refractivity contribution in [2.45, 2.75) is 26.7 Å². The molecule has 26 heavy (non-hydrogen) atoms. The summed E-state index contributed by atoms with van der Waals surface area (Å²) in [4.78, 5) is 0. The van der Waals surface area contributed by atoms with Crippen LogP contribution in [0.25, 0.3) is 23.3 Å². The van der Waals surface area contributed by atoms with E-state index in [-0.39, 0.29) is 57.1 Å². The average Bonchev–Trinajstić information content (AvgIpc) is 2.68. The summed E-state index contributed by atoms with van der Waals surface area (Å²) in [6, 6.07) is 22.9. The summed E-state index contributed by atoms with van der Waals surface area (Å²) >= 11 is 0. The summed E-state index contributed by atoms with van der Waals surface area (Å²) in [6.45, 7) is 4.08. The van der Waals surface area contributed by atoms with Crippen LogP contribution < -0.4 is 56.5 Å². The second kappa shape index (κ2) is 10.2. The first-order chi connectivity index (χ1) is 12.2. The van der Waals surface area contributed by atoms with Gasteiger partial charge in [0.1, 0.15) is 0 Å². The molecule has 0 unspecified atom stereocenters. The molecule has 0 saturated carbocycles. The first-order valence-electron chi connectivity index (χ1n) is 8.87. The van der Waals surface area contributed by atoms with Crippen LogP contribution in [0, 0.1) is 0 Å². The van der Waals surface area contributed by atoms with Gasteiger partial charge in [0.25, 0.3) is 0 Å². The summed E-state index contributed by atoms with van der Waals surface area (Å²) in [6.07, 6.45) is 5.79. The molecule has 0 fully saturated rings. The van der Waals surface area contributed by atoms with E-state index < -0.39 is 0 Å². The molecule has 0 amide bonds. The zero-order valence-electron chi connectivity index (χ0n) is 15.8. The molecule has 126 valence electrons. The van der Waals surface area contributed by atoms with Gasteiger partial charge in [0.2, 0.25) is 0 Å². The molecule has 0 spiro atoms. The molecule has 0 bridgehead atoms. The van der Waals surface area contributed by atoms with Crippen molar-refractivity contribution in [2.75, 3.05) is 0 Å². The van der Waals surface area contributed by atoms with E-state index in [1.807, 2.05) is 44.2 Å². The third kappa shape index (κ3) is 5.18. The molecule has 0 aliphatic carbocycles. The molecule has 0 aliphatic rings. The number of hydrogen-bond donors (Lipinski definition) is 0. The summed E-state index contributed by atoms with van der Waals surface area (Å²) in [5.74, 6) is 0.205. The van der Waals surface area contributed by atoms with E-state index in [9.17, 15) is 5.11 Å². The molecule has 3 aromatic rings. The van der Waals surface area contributed by atoms with Crippen LogP contribution in [0.5, 0.6) is 5.75 Å². The van der Waals surface area contributed by atoms with E-state index in [2.05, 4.69) is 48.6 Å². The molecule has 3 rings (SSSR count). The average molecular weight is 367 g/mol. The maximum absolute atomic E-state index is 12.3. The van der Waals surface area contributed by atoms with E-state index >= 15 is 0 Å². The first kappa shape index (κ1) is 21.1. The Morgan fingerprint density at radius 2 is 1.19 bits per heavy atom. The molecule has 0 heterocycles. The van der Waals surface area contributed by atoms with Crippen molar-refractivity contribution < 1.29 is 56.5 Å². The topological polar surface area (TPSA) is 23.1 Å². The van der Waals surface area contributed by atoms with Gasteiger partial charge in [0.15, 0.2) is 0 Å². The third-order valence-corrected chi connectivity index (χ3v) is 4.52. The Bertz CT molecular complexity index is 839. The zero-order chi connectivity index (χ0) is 17.6. The van der Waals surface area contributed by atoms with Gasteiger partial charge in [-0.3, -0.25) is 0 Å². The van der Waals surface area contributed by atoms with Gasteiger partial charge < -0.3 is 5.11 Å². The quantitative estimate of drug-likeness (QED) is 0.503. The Hall–Kier alpha value is -1.16. The molecule has 0 saturated heterocycles. The van der Waals surface area contributed by atoms with Gasteiger partial charge in [-0.25, -0.2) is 0 Å². The van der Waals surface area contributed by atoms with Gasteiger partial charge in [-0.15, -0.1) is 5.75 Å². The Balaban J connectivity index is 0.00000243. The Kier molecular flexibility index (Phi) is 8.33. The molecular weight excluding hydrogens is 343 g/mol.